The molecule has 0 unspecified atom stereocenters. The number of hydrogen-bond acceptors (Lipinski definition) is 4. The Morgan fingerprint density at radius 2 is 1.54 bits per heavy atom. The molecule has 0 aliphatic carbocycles. The van der Waals surface area contributed by atoms with Crippen molar-refractivity contribution in [1.82, 2.24) is 19.7 Å². The quantitative estimate of drug-likeness (QED) is 0.714. The van der Waals surface area contributed by atoms with Crippen LogP contribution in [-0.4, -0.2) is 31.8 Å². The molecule has 0 radical (unpaired) electrons. The van der Waals surface area contributed by atoms with E-state index in [0.717, 1.165) is 17.3 Å². The molecule has 0 N–H and O–H groups in total. The molecule has 0 aliphatic heterocycles. The van der Waals surface area contributed by atoms with Crippen LogP contribution in [0.25, 0.3) is 17.2 Å². The molecule has 2 heterocycles. The Morgan fingerprint density at radius 1 is 0.875 bits per heavy atom. The largest absolute Gasteiger partial charge is 0.336 e. The van der Waals surface area contributed by atoms with Crippen molar-refractivity contribution in [2.45, 2.75) is 39.8 Å². The number of rotatable bonds is 5. The topological polar surface area (TPSA) is 46.8 Å². The van der Waals surface area contributed by atoms with Crippen LogP contribution in [0.5, 0.6) is 0 Å². The van der Waals surface area contributed by atoms with Crippen LogP contribution in [-0.2, 0) is 0 Å². The Morgan fingerprint density at radius 3 is 2.12 bits per heavy atom. The minimum Gasteiger partial charge on any atom is -0.336 e. The van der Waals surface area contributed by atoms with Gasteiger partial charge in [0.25, 0.3) is 0 Å². The highest BCUT2D eigenvalue weighted by Gasteiger charge is 2.23. The molecule has 1 aromatic carbocycles. The molecule has 0 saturated heterocycles. The van der Waals surface area contributed by atoms with E-state index in [4.69, 9.17) is 10.1 Å². The van der Waals surface area contributed by atoms with Crippen molar-refractivity contribution in [1.29, 1.82) is 0 Å². The molecule has 0 atom stereocenters. The van der Waals surface area contributed by atoms with E-state index in [1.807, 2.05) is 53.2 Å². The first-order valence-corrected chi connectivity index (χ1v) is 8.30. The van der Waals surface area contributed by atoms with Gasteiger partial charge in [-0.25, -0.2) is 4.98 Å². The maximum absolute atomic E-state index is 4.84. The first-order chi connectivity index (χ1) is 11.6. The number of benzene rings is 1. The molecule has 0 aliphatic rings. The highest BCUT2D eigenvalue weighted by atomic mass is 15.5. The normalized spacial score (nSPS) is 11.2. The third kappa shape index (κ3) is 3.15. The molecule has 5 heteroatoms. The maximum atomic E-state index is 4.84. The summed E-state index contributed by atoms with van der Waals surface area (Å²) in [5, 5.41) is 4.74. The molecule has 5 nitrogen and oxygen atoms in total. The summed E-state index contributed by atoms with van der Waals surface area (Å²) >= 11 is 0. The second-order valence-corrected chi connectivity index (χ2v) is 6.30. The van der Waals surface area contributed by atoms with Crippen molar-refractivity contribution in [3.05, 3.63) is 54.7 Å². The van der Waals surface area contributed by atoms with E-state index in [1.165, 1.54) is 0 Å². The third-order valence-corrected chi connectivity index (χ3v) is 3.83. The van der Waals surface area contributed by atoms with Gasteiger partial charge in [0.1, 0.15) is 0 Å². The van der Waals surface area contributed by atoms with Crippen molar-refractivity contribution >= 4 is 5.95 Å². The van der Waals surface area contributed by atoms with Gasteiger partial charge >= 0.3 is 0 Å². The third-order valence-electron chi connectivity index (χ3n) is 3.83. The lowest BCUT2D eigenvalue weighted by molar-refractivity contribution is 0.581. The van der Waals surface area contributed by atoms with Crippen LogP contribution < -0.4 is 4.90 Å². The zero-order valence-corrected chi connectivity index (χ0v) is 14.6. The fourth-order valence-corrected chi connectivity index (χ4v) is 2.87. The number of nitrogens with zero attached hydrogens (tertiary/aromatic N) is 5. The van der Waals surface area contributed by atoms with Crippen LogP contribution in [0.1, 0.15) is 27.7 Å². The van der Waals surface area contributed by atoms with Crippen molar-refractivity contribution in [2.24, 2.45) is 0 Å². The molecule has 24 heavy (non-hydrogen) atoms. The van der Waals surface area contributed by atoms with Crippen LogP contribution in [0.15, 0.2) is 54.7 Å². The minimum atomic E-state index is 0.306. The van der Waals surface area contributed by atoms with Crippen molar-refractivity contribution < 1.29 is 0 Å². The summed E-state index contributed by atoms with van der Waals surface area (Å²) in [6.07, 6.45) is 1.78. The highest BCUT2D eigenvalue weighted by Crippen LogP contribution is 2.25. The van der Waals surface area contributed by atoms with Gasteiger partial charge in [-0.15, -0.1) is 5.10 Å². The average molecular weight is 321 g/mol. The van der Waals surface area contributed by atoms with Crippen LogP contribution in [0.3, 0.4) is 0 Å². The summed E-state index contributed by atoms with van der Waals surface area (Å²) in [4.78, 5) is 11.5. The van der Waals surface area contributed by atoms with Gasteiger partial charge in [-0.3, -0.25) is 0 Å². The zero-order valence-electron chi connectivity index (χ0n) is 14.6. The van der Waals surface area contributed by atoms with Crippen LogP contribution >= 0.6 is 0 Å². The van der Waals surface area contributed by atoms with Crippen molar-refractivity contribution in [3.63, 3.8) is 0 Å². The molecule has 0 amide bonds. The lowest BCUT2D eigenvalue weighted by Crippen LogP contribution is -2.39. The minimum absolute atomic E-state index is 0.306. The number of pyridine rings is 1. The van der Waals surface area contributed by atoms with Crippen LogP contribution in [0, 0.1) is 0 Å². The van der Waals surface area contributed by atoms with Gasteiger partial charge in [-0.2, -0.15) is 9.67 Å². The van der Waals surface area contributed by atoms with Gasteiger partial charge in [0.2, 0.25) is 5.95 Å². The smallest absolute Gasteiger partial charge is 0.231 e. The summed E-state index contributed by atoms with van der Waals surface area (Å²) in [5.74, 6) is 2.30. The van der Waals surface area contributed by atoms with Crippen LogP contribution in [0.2, 0.25) is 0 Å². The van der Waals surface area contributed by atoms with Gasteiger partial charge in [0, 0.05) is 23.8 Å². The van der Waals surface area contributed by atoms with E-state index in [-0.39, 0.29) is 0 Å². The average Bonchev–Trinajstić information content (AvgIpc) is 3.00. The Labute approximate surface area is 143 Å². The Balaban J connectivity index is 2.17. The maximum Gasteiger partial charge on any atom is 0.231 e. The van der Waals surface area contributed by atoms with Gasteiger partial charge in [0.15, 0.2) is 11.6 Å². The van der Waals surface area contributed by atoms with Gasteiger partial charge < -0.3 is 4.90 Å². The van der Waals surface area contributed by atoms with E-state index in [9.17, 15) is 0 Å². The second-order valence-electron chi connectivity index (χ2n) is 6.30. The number of anilines is 1. The Hall–Kier alpha value is -2.69. The molecule has 0 fully saturated rings. The van der Waals surface area contributed by atoms with Gasteiger partial charge in [-0.1, -0.05) is 36.4 Å². The van der Waals surface area contributed by atoms with Crippen molar-refractivity contribution in [2.75, 3.05) is 4.90 Å². The molecule has 2 aromatic heterocycles. The summed E-state index contributed by atoms with van der Waals surface area (Å²) in [5.41, 5.74) is 1.00. The summed E-state index contributed by atoms with van der Waals surface area (Å²) < 4.78 is 1.84. The predicted octanol–water partition coefficient (Wildman–Crippen LogP) is 3.95. The standard InChI is InChI=1S/C19H23N5/c1-14(2)23(15(3)4)19-21-18(16-10-6-5-7-11-16)22-24(19)17-12-8-9-13-20-17/h5-15H,1-4H3. The SMILES string of the molecule is CC(C)N(c1nc(-c2ccccc2)nn1-c1ccccn1)C(C)C. The molecule has 3 rings (SSSR count). The zero-order chi connectivity index (χ0) is 17.1. The molecule has 3 aromatic rings. The molecule has 0 saturated carbocycles. The van der Waals surface area contributed by atoms with E-state index in [1.54, 1.807) is 6.20 Å². The van der Waals surface area contributed by atoms with Gasteiger partial charge in [-0.05, 0) is 39.8 Å². The molecule has 0 spiro atoms. The Kier molecular flexibility index (Phi) is 4.60. The van der Waals surface area contributed by atoms with E-state index >= 15 is 0 Å². The predicted molar refractivity (Wildman–Crippen MR) is 97.3 cm³/mol. The summed E-state index contributed by atoms with van der Waals surface area (Å²) in [6.45, 7) is 8.67. The molecular formula is C19H23N5. The first kappa shape index (κ1) is 16.2. The Bertz CT molecular complexity index is 770. The van der Waals surface area contributed by atoms with E-state index < -0.39 is 0 Å². The number of aromatic nitrogens is 4. The molecule has 124 valence electrons. The van der Waals surface area contributed by atoms with Gasteiger partial charge in [0.05, 0.1) is 0 Å². The lowest BCUT2D eigenvalue weighted by atomic mass is 10.2. The fourth-order valence-electron chi connectivity index (χ4n) is 2.87. The van der Waals surface area contributed by atoms with Crippen LogP contribution in [0.4, 0.5) is 5.95 Å². The first-order valence-electron chi connectivity index (χ1n) is 8.30. The van der Waals surface area contributed by atoms with Crippen molar-refractivity contribution in [3.8, 4) is 17.2 Å². The second kappa shape index (κ2) is 6.83. The lowest BCUT2D eigenvalue weighted by Gasteiger charge is -2.31. The number of hydrogen-bond donors (Lipinski definition) is 0. The fraction of sp³-hybridized carbons (Fsp3) is 0.316. The monoisotopic (exact) mass is 321 g/mol. The van der Waals surface area contributed by atoms with E-state index in [2.05, 4.69) is 37.6 Å². The molecule has 0 bridgehead atoms. The highest BCUT2D eigenvalue weighted by molar-refractivity contribution is 5.57. The summed E-state index contributed by atoms with van der Waals surface area (Å²) in [7, 11) is 0. The summed E-state index contributed by atoms with van der Waals surface area (Å²) in [6, 6.07) is 16.5. The van der Waals surface area contributed by atoms with E-state index in [0.29, 0.717) is 17.9 Å². The molecular weight excluding hydrogens is 298 g/mol.